The number of aromatic amines is 1. The molecule has 39 heavy (non-hydrogen) atoms. The van der Waals surface area contributed by atoms with E-state index in [9.17, 15) is 14.4 Å². The molecule has 1 atom stereocenters. The number of aromatic nitrogens is 2. The van der Waals surface area contributed by atoms with Gasteiger partial charge in [-0.25, -0.2) is 4.98 Å². The minimum absolute atomic E-state index is 0.0269. The van der Waals surface area contributed by atoms with Crippen LogP contribution < -0.4 is 31.1 Å². The predicted molar refractivity (Wildman–Crippen MR) is 149 cm³/mol. The number of amides is 2. The molecule has 2 fully saturated rings. The number of nitrogens with zero attached hydrogens (tertiary/aromatic N) is 3. The Morgan fingerprint density at radius 3 is 2.82 bits per heavy atom. The molecule has 1 aromatic carbocycles. The molecule has 3 aromatic rings. The molecule has 6 rings (SSSR count). The lowest BCUT2D eigenvalue weighted by molar-refractivity contribution is -0.136. The van der Waals surface area contributed by atoms with Crippen LogP contribution in [0.3, 0.4) is 0 Å². The summed E-state index contributed by atoms with van der Waals surface area (Å²) in [6.45, 7) is 5.46. The molecule has 0 aliphatic carbocycles. The molecule has 2 saturated heterocycles. The summed E-state index contributed by atoms with van der Waals surface area (Å²) in [6, 6.07) is 9.49. The number of carbonyl (C=O) groups excluding carboxylic acids is 2. The number of hydrogen-bond acceptors (Lipinski definition) is 8. The number of benzene rings is 1. The Kier molecular flexibility index (Phi) is 6.55. The van der Waals surface area contributed by atoms with Crippen molar-refractivity contribution in [1.82, 2.24) is 14.9 Å². The molecule has 3 aliphatic heterocycles. The number of piperidine rings is 1. The Hall–Kier alpha value is -4.54. The van der Waals surface area contributed by atoms with E-state index < -0.39 is 11.5 Å². The first-order chi connectivity index (χ1) is 19.0. The number of anilines is 5. The highest BCUT2D eigenvalue weighted by atomic mass is 16.5. The third-order valence-corrected chi connectivity index (χ3v) is 7.63. The number of rotatable bonds is 5. The zero-order valence-electron chi connectivity index (χ0n) is 21.8. The lowest BCUT2D eigenvalue weighted by Gasteiger charge is -2.44. The van der Waals surface area contributed by atoms with E-state index in [1.54, 1.807) is 12.3 Å². The molecule has 0 saturated carbocycles. The molecule has 4 N–H and O–H groups in total. The standard InChI is InChI=1S/C28H31N7O4/c1-17-22(15-31-28-25(17)29-11-14-39-28)33-21-9-10-30-26(37)24(21)27(38)32-18-5-7-19(8-6-18)34-12-13-35-20(16-34)3-2-4-23(35)36/h5-10,15,20,29H,2-4,11-14,16H2,1H3,(H,32,38)(H2,30,33,37). The zero-order chi connectivity index (χ0) is 26.9. The Balaban J connectivity index is 1.17. The van der Waals surface area contributed by atoms with Gasteiger partial charge >= 0.3 is 0 Å². The van der Waals surface area contributed by atoms with Gasteiger partial charge in [0.15, 0.2) is 0 Å². The molecule has 0 bridgehead atoms. The summed E-state index contributed by atoms with van der Waals surface area (Å²) in [7, 11) is 0. The maximum absolute atomic E-state index is 13.3. The van der Waals surface area contributed by atoms with Gasteiger partial charge in [-0.2, -0.15) is 0 Å². The molecule has 11 heteroatoms. The van der Waals surface area contributed by atoms with Gasteiger partial charge < -0.3 is 35.5 Å². The second-order valence-electron chi connectivity index (χ2n) is 10.1. The van der Waals surface area contributed by atoms with Crippen molar-refractivity contribution in [3.63, 3.8) is 0 Å². The van der Waals surface area contributed by atoms with Gasteiger partial charge in [0.2, 0.25) is 11.8 Å². The van der Waals surface area contributed by atoms with Crippen LogP contribution in [0.2, 0.25) is 0 Å². The molecule has 2 aromatic heterocycles. The molecule has 202 valence electrons. The van der Waals surface area contributed by atoms with Crippen molar-refractivity contribution >= 4 is 40.3 Å². The number of H-pyrrole nitrogens is 1. The van der Waals surface area contributed by atoms with Crippen molar-refractivity contribution in [2.24, 2.45) is 0 Å². The van der Waals surface area contributed by atoms with Gasteiger partial charge in [-0.3, -0.25) is 14.4 Å². The summed E-state index contributed by atoms with van der Waals surface area (Å²) in [5, 5.41) is 9.34. The minimum atomic E-state index is -0.522. The number of ether oxygens (including phenoxy) is 1. The average Bonchev–Trinajstić information content (AvgIpc) is 2.95. The van der Waals surface area contributed by atoms with E-state index in [1.165, 1.54) is 6.20 Å². The molecule has 2 amide bonds. The highest BCUT2D eigenvalue weighted by molar-refractivity contribution is 6.08. The van der Waals surface area contributed by atoms with Crippen LogP contribution in [0.5, 0.6) is 5.88 Å². The number of hydrogen-bond donors (Lipinski definition) is 4. The summed E-state index contributed by atoms with van der Waals surface area (Å²) >= 11 is 0. The fourth-order valence-corrected chi connectivity index (χ4v) is 5.55. The molecular weight excluding hydrogens is 498 g/mol. The molecular formula is C28H31N7O4. The first kappa shape index (κ1) is 24.8. The van der Waals surface area contributed by atoms with Gasteiger partial charge in [0.1, 0.15) is 17.9 Å². The van der Waals surface area contributed by atoms with Crippen molar-refractivity contribution < 1.29 is 14.3 Å². The highest BCUT2D eigenvalue weighted by Gasteiger charge is 2.33. The summed E-state index contributed by atoms with van der Waals surface area (Å²) in [5.74, 6) is 0.273. The fourth-order valence-electron chi connectivity index (χ4n) is 5.55. The smallest absolute Gasteiger partial charge is 0.263 e. The van der Waals surface area contributed by atoms with Crippen LogP contribution in [-0.4, -0.2) is 65.5 Å². The molecule has 1 unspecified atom stereocenters. The fraction of sp³-hybridized carbons (Fsp3) is 0.357. The monoisotopic (exact) mass is 529 g/mol. The SMILES string of the molecule is Cc1c(Nc2cc[nH]c(=O)c2C(=O)Nc2ccc(N3CCN4C(=O)CCCC4C3)cc2)cnc2c1NCCO2. The van der Waals surface area contributed by atoms with Gasteiger partial charge in [0, 0.05) is 61.8 Å². The van der Waals surface area contributed by atoms with E-state index >= 15 is 0 Å². The lowest BCUT2D eigenvalue weighted by atomic mass is 9.98. The summed E-state index contributed by atoms with van der Waals surface area (Å²) in [6.07, 6.45) is 5.76. The van der Waals surface area contributed by atoms with Crippen LogP contribution in [-0.2, 0) is 4.79 Å². The van der Waals surface area contributed by atoms with E-state index in [0.717, 1.165) is 49.4 Å². The molecule has 0 radical (unpaired) electrons. The van der Waals surface area contributed by atoms with E-state index in [0.29, 0.717) is 42.5 Å². The third-order valence-electron chi connectivity index (χ3n) is 7.63. The van der Waals surface area contributed by atoms with Gasteiger partial charge in [-0.05, 0) is 50.1 Å². The maximum Gasteiger partial charge on any atom is 0.263 e. The Morgan fingerprint density at radius 1 is 1.13 bits per heavy atom. The summed E-state index contributed by atoms with van der Waals surface area (Å²) < 4.78 is 5.59. The van der Waals surface area contributed by atoms with Crippen LogP contribution in [0.1, 0.15) is 35.2 Å². The van der Waals surface area contributed by atoms with Crippen molar-refractivity contribution in [1.29, 1.82) is 0 Å². The number of carbonyl (C=O) groups is 2. The number of fused-ring (bicyclic) bond motifs is 2. The molecule has 3 aliphatic rings. The normalized spacial score (nSPS) is 18.4. The summed E-state index contributed by atoms with van der Waals surface area (Å²) in [4.78, 5) is 49.5. The maximum atomic E-state index is 13.3. The quantitative estimate of drug-likeness (QED) is 0.397. The van der Waals surface area contributed by atoms with Crippen molar-refractivity contribution in [3.05, 3.63) is 64.2 Å². The largest absolute Gasteiger partial charge is 0.474 e. The Bertz CT molecular complexity index is 1470. The van der Waals surface area contributed by atoms with Gasteiger partial charge in [0.05, 0.1) is 17.6 Å². The second kappa shape index (κ2) is 10.3. The Morgan fingerprint density at radius 2 is 1.97 bits per heavy atom. The van der Waals surface area contributed by atoms with Crippen LogP contribution in [0.15, 0.2) is 47.5 Å². The molecule has 0 spiro atoms. The molecule has 5 heterocycles. The molecule has 11 nitrogen and oxygen atoms in total. The first-order valence-electron chi connectivity index (χ1n) is 13.3. The summed E-state index contributed by atoms with van der Waals surface area (Å²) in [5.41, 5.74) is 3.79. The van der Waals surface area contributed by atoms with Crippen LogP contribution in [0.25, 0.3) is 0 Å². The van der Waals surface area contributed by atoms with Crippen molar-refractivity contribution in [3.8, 4) is 5.88 Å². The first-order valence-corrected chi connectivity index (χ1v) is 13.3. The van der Waals surface area contributed by atoms with E-state index in [2.05, 4.69) is 30.8 Å². The average molecular weight is 530 g/mol. The highest BCUT2D eigenvalue weighted by Crippen LogP contribution is 2.34. The van der Waals surface area contributed by atoms with Gasteiger partial charge in [-0.15, -0.1) is 0 Å². The predicted octanol–water partition coefficient (Wildman–Crippen LogP) is 3.08. The van der Waals surface area contributed by atoms with Crippen LogP contribution >= 0.6 is 0 Å². The van der Waals surface area contributed by atoms with Crippen LogP contribution in [0, 0.1) is 6.92 Å². The number of nitrogens with one attached hydrogen (secondary N) is 4. The zero-order valence-corrected chi connectivity index (χ0v) is 21.8. The van der Waals surface area contributed by atoms with E-state index in [4.69, 9.17) is 4.74 Å². The van der Waals surface area contributed by atoms with Crippen molar-refractivity contribution in [2.45, 2.75) is 32.2 Å². The van der Waals surface area contributed by atoms with Crippen LogP contribution in [0.4, 0.5) is 28.4 Å². The van der Waals surface area contributed by atoms with Gasteiger partial charge in [-0.1, -0.05) is 0 Å². The lowest BCUT2D eigenvalue weighted by Crippen LogP contribution is -2.57. The van der Waals surface area contributed by atoms with E-state index in [-0.39, 0.29) is 17.5 Å². The van der Waals surface area contributed by atoms with Crippen molar-refractivity contribution in [2.75, 3.05) is 53.6 Å². The van der Waals surface area contributed by atoms with Gasteiger partial charge in [0.25, 0.3) is 11.5 Å². The topological polar surface area (TPSA) is 132 Å². The number of pyridine rings is 2. The number of piperazine rings is 1. The van der Waals surface area contributed by atoms with E-state index in [1.807, 2.05) is 36.1 Å². The Labute approximate surface area is 225 Å². The minimum Gasteiger partial charge on any atom is -0.474 e. The third kappa shape index (κ3) is 4.87. The second-order valence-corrected chi connectivity index (χ2v) is 10.1.